The molecule has 1 heterocycles. The summed E-state index contributed by atoms with van der Waals surface area (Å²) in [6.45, 7) is 3.17. The third kappa shape index (κ3) is 1.92. The molecule has 3 heteroatoms. The first-order valence-corrected chi connectivity index (χ1v) is 5.79. The van der Waals surface area contributed by atoms with E-state index in [4.69, 9.17) is 0 Å². The van der Waals surface area contributed by atoms with Gasteiger partial charge in [-0.1, -0.05) is 6.92 Å². The van der Waals surface area contributed by atoms with Crippen molar-refractivity contribution >= 4 is 11.3 Å². The van der Waals surface area contributed by atoms with Crippen molar-refractivity contribution in [3.63, 3.8) is 0 Å². The highest BCUT2D eigenvalue weighted by molar-refractivity contribution is 7.11. The first-order valence-electron chi connectivity index (χ1n) is 4.98. The molecule has 1 aromatic heterocycles. The van der Waals surface area contributed by atoms with Crippen LogP contribution in [0, 0.1) is 0 Å². The van der Waals surface area contributed by atoms with Gasteiger partial charge < -0.3 is 5.32 Å². The molecule has 1 saturated carbocycles. The Morgan fingerprint density at radius 2 is 2.31 bits per heavy atom. The van der Waals surface area contributed by atoms with Crippen LogP contribution in [0.15, 0.2) is 0 Å². The first-order chi connectivity index (χ1) is 6.35. The third-order valence-electron chi connectivity index (χ3n) is 2.39. The zero-order valence-electron chi connectivity index (χ0n) is 8.26. The Morgan fingerprint density at radius 3 is 2.85 bits per heavy atom. The maximum atomic E-state index is 4.69. The molecule has 1 fully saturated rings. The van der Waals surface area contributed by atoms with E-state index in [-0.39, 0.29) is 0 Å². The summed E-state index contributed by atoms with van der Waals surface area (Å²) in [6.07, 6.45) is 3.78. The van der Waals surface area contributed by atoms with Crippen LogP contribution in [-0.2, 0) is 13.0 Å². The van der Waals surface area contributed by atoms with Gasteiger partial charge in [-0.25, -0.2) is 4.98 Å². The summed E-state index contributed by atoms with van der Waals surface area (Å²) < 4.78 is 0. The smallest absolute Gasteiger partial charge is 0.0962 e. The van der Waals surface area contributed by atoms with Crippen LogP contribution in [0.25, 0.3) is 0 Å². The number of nitrogens with zero attached hydrogens (tertiary/aromatic N) is 1. The maximum Gasteiger partial charge on any atom is 0.0962 e. The summed E-state index contributed by atoms with van der Waals surface area (Å²) in [7, 11) is 2.00. The summed E-state index contributed by atoms with van der Waals surface area (Å²) in [5, 5.41) is 4.58. The molecule has 0 unspecified atom stereocenters. The molecular formula is C10H16N2S. The largest absolute Gasteiger partial charge is 0.315 e. The molecule has 13 heavy (non-hydrogen) atoms. The van der Waals surface area contributed by atoms with Crippen molar-refractivity contribution < 1.29 is 0 Å². The second kappa shape index (κ2) is 3.76. The second-order valence-corrected chi connectivity index (χ2v) is 4.70. The van der Waals surface area contributed by atoms with Crippen molar-refractivity contribution in [2.24, 2.45) is 0 Å². The van der Waals surface area contributed by atoms with Gasteiger partial charge in [0.25, 0.3) is 0 Å². The molecule has 72 valence electrons. The van der Waals surface area contributed by atoms with E-state index in [1.807, 2.05) is 18.4 Å². The Balaban J connectivity index is 2.20. The normalized spacial score (nSPS) is 16.5. The molecule has 2 nitrogen and oxygen atoms in total. The molecule has 0 aromatic carbocycles. The van der Waals surface area contributed by atoms with Gasteiger partial charge in [-0.2, -0.15) is 0 Å². The molecule has 0 bridgehead atoms. The molecule has 2 rings (SSSR count). The minimum absolute atomic E-state index is 0.806. The Labute approximate surface area is 83.4 Å². The van der Waals surface area contributed by atoms with Crippen LogP contribution in [0.2, 0.25) is 0 Å². The highest BCUT2D eigenvalue weighted by atomic mass is 32.1. The molecule has 1 N–H and O–H groups in total. The van der Waals surface area contributed by atoms with E-state index < -0.39 is 0 Å². The molecule has 0 atom stereocenters. The maximum absolute atomic E-state index is 4.69. The van der Waals surface area contributed by atoms with Crippen molar-refractivity contribution in [3.05, 3.63) is 15.6 Å². The van der Waals surface area contributed by atoms with E-state index in [0.29, 0.717) is 0 Å². The fourth-order valence-electron chi connectivity index (χ4n) is 1.48. The van der Waals surface area contributed by atoms with E-state index >= 15 is 0 Å². The molecule has 1 aliphatic rings. The summed E-state index contributed by atoms with van der Waals surface area (Å²) in [6, 6.07) is 0. The standard InChI is InChI=1S/C10H16N2S/c1-3-8-9(6-11-2)13-10(12-8)7-4-5-7/h7,11H,3-6H2,1-2H3. The van der Waals surface area contributed by atoms with Gasteiger partial charge in [-0.05, 0) is 26.3 Å². The Kier molecular flexibility index (Phi) is 2.65. The van der Waals surface area contributed by atoms with E-state index in [0.717, 1.165) is 18.9 Å². The number of rotatable bonds is 4. The van der Waals surface area contributed by atoms with Gasteiger partial charge in [-0.3, -0.25) is 0 Å². The zero-order chi connectivity index (χ0) is 9.26. The van der Waals surface area contributed by atoms with Gasteiger partial charge in [0.2, 0.25) is 0 Å². The van der Waals surface area contributed by atoms with Gasteiger partial charge in [0.1, 0.15) is 0 Å². The average Bonchev–Trinajstić information content (AvgIpc) is 2.90. The van der Waals surface area contributed by atoms with Crippen LogP contribution >= 0.6 is 11.3 Å². The fraction of sp³-hybridized carbons (Fsp3) is 0.700. The molecule has 0 spiro atoms. The Bertz CT molecular complexity index is 289. The lowest BCUT2D eigenvalue weighted by molar-refractivity contribution is 0.813. The van der Waals surface area contributed by atoms with E-state index in [9.17, 15) is 0 Å². The SMILES string of the molecule is CCc1nc(C2CC2)sc1CNC. The highest BCUT2D eigenvalue weighted by Gasteiger charge is 2.27. The van der Waals surface area contributed by atoms with E-state index in [1.165, 1.54) is 28.4 Å². The minimum Gasteiger partial charge on any atom is -0.315 e. The van der Waals surface area contributed by atoms with Crippen molar-refractivity contribution in [2.45, 2.75) is 38.6 Å². The Hall–Kier alpha value is -0.410. The van der Waals surface area contributed by atoms with Crippen LogP contribution in [0.3, 0.4) is 0 Å². The molecule has 0 amide bonds. The van der Waals surface area contributed by atoms with Crippen molar-refractivity contribution in [3.8, 4) is 0 Å². The number of hydrogen-bond acceptors (Lipinski definition) is 3. The summed E-state index contributed by atoms with van der Waals surface area (Å²) >= 11 is 1.91. The van der Waals surface area contributed by atoms with Gasteiger partial charge in [0.15, 0.2) is 0 Å². The van der Waals surface area contributed by atoms with Crippen molar-refractivity contribution in [1.82, 2.24) is 10.3 Å². The summed E-state index contributed by atoms with van der Waals surface area (Å²) in [4.78, 5) is 6.12. The van der Waals surface area contributed by atoms with Crippen LogP contribution in [0.5, 0.6) is 0 Å². The first kappa shape index (κ1) is 9.16. The quantitative estimate of drug-likeness (QED) is 0.799. The highest BCUT2D eigenvalue weighted by Crippen LogP contribution is 2.42. The molecule has 1 aromatic rings. The van der Waals surface area contributed by atoms with Crippen LogP contribution < -0.4 is 5.32 Å². The lowest BCUT2D eigenvalue weighted by Gasteiger charge is -1.96. The predicted molar refractivity (Wildman–Crippen MR) is 56.2 cm³/mol. The Morgan fingerprint density at radius 1 is 1.54 bits per heavy atom. The minimum atomic E-state index is 0.806. The molecule has 0 radical (unpaired) electrons. The molecule has 0 aliphatic heterocycles. The monoisotopic (exact) mass is 196 g/mol. The zero-order valence-corrected chi connectivity index (χ0v) is 9.08. The van der Waals surface area contributed by atoms with Crippen LogP contribution in [0.4, 0.5) is 0 Å². The lowest BCUT2D eigenvalue weighted by Crippen LogP contribution is -2.05. The van der Waals surface area contributed by atoms with Crippen LogP contribution in [0.1, 0.15) is 41.3 Å². The van der Waals surface area contributed by atoms with Gasteiger partial charge >= 0.3 is 0 Å². The van der Waals surface area contributed by atoms with Crippen molar-refractivity contribution in [2.75, 3.05) is 7.05 Å². The molecule has 1 aliphatic carbocycles. The lowest BCUT2D eigenvalue weighted by atomic mass is 10.3. The van der Waals surface area contributed by atoms with E-state index in [2.05, 4.69) is 17.2 Å². The second-order valence-electron chi connectivity index (χ2n) is 3.58. The number of nitrogens with one attached hydrogen (secondary N) is 1. The van der Waals surface area contributed by atoms with E-state index in [1.54, 1.807) is 0 Å². The molecule has 0 saturated heterocycles. The molecular weight excluding hydrogens is 180 g/mol. The fourth-order valence-corrected chi connectivity index (χ4v) is 2.82. The average molecular weight is 196 g/mol. The topological polar surface area (TPSA) is 24.9 Å². The number of aromatic nitrogens is 1. The summed E-state index contributed by atoms with van der Waals surface area (Å²) in [5.74, 6) is 0.806. The number of hydrogen-bond donors (Lipinski definition) is 1. The van der Waals surface area contributed by atoms with Gasteiger partial charge in [0, 0.05) is 17.3 Å². The number of aryl methyl sites for hydroxylation is 1. The predicted octanol–water partition coefficient (Wildman–Crippen LogP) is 2.30. The summed E-state index contributed by atoms with van der Waals surface area (Å²) in [5.41, 5.74) is 1.31. The van der Waals surface area contributed by atoms with Gasteiger partial charge in [0.05, 0.1) is 10.7 Å². The third-order valence-corrected chi connectivity index (χ3v) is 3.65. The van der Waals surface area contributed by atoms with Gasteiger partial charge in [-0.15, -0.1) is 11.3 Å². The number of thiazole rings is 1. The van der Waals surface area contributed by atoms with Crippen molar-refractivity contribution in [1.29, 1.82) is 0 Å². The van der Waals surface area contributed by atoms with Crippen LogP contribution in [-0.4, -0.2) is 12.0 Å².